The van der Waals surface area contributed by atoms with Crippen molar-refractivity contribution in [2.75, 3.05) is 12.0 Å². The van der Waals surface area contributed by atoms with Gasteiger partial charge in [-0.25, -0.2) is 4.90 Å². The minimum atomic E-state index is -0.185. The van der Waals surface area contributed by atoms with Gasteiger partial charge in [0.25, 0.3) is 5.91 Å². The number of thioether (sulfide) groups is 1. The van der Waals surface area contributed by atoms with E-state index in [4.69, 9.17) is 17.0 Å². The van der Waals surface area contributed by atoms with E-state index >= 15 is 0 Å². The minimum Gasteiger partial charge on any atom is -0.497 e. The Hall–Kier alpha value is -3.53. The van der Waals surface area contributed by atoms with Crippen LogP contribution < -0.4 is 9.64 Å². The lowest BCUT2D eigenvalue weighted by Crippen LogP contribution is -2.27. The fourth-order valence-corrected chi connectivity index (χ4v) is 6.45. The van der Waals surface area contributed by atoms with Crippen LogP contribution >= 0.6 is 35.3 Å². The largest absolute Gasteiger partial charge is 0.497 e. The Morgan fingerprint density at radius 1 is 0.971 bits per heavy atom. The number of methoxy groups -OCH3 is 1. The number of rotatable bonds is 4. The molecule has 0 bridgehead atoms. The van der Waals surface area contributed by atoms with Crippen molar-refractivity contribution in [3.05, 3.63) is 77.2 Å². The monoisotopic (exact) mass is 514 g/mol. The van der Waals surface area contributed by atoms with Gasteiger partial charge in [-0.2, -0.15) is 0 Å². The van der Waals surface area contributed by atoms with Crippen LogP contribution in [-0.2, 0) is 11.8 Å². The summed E-state index contributed by atoms with van der Waals surface area (Å²) in [4.78, 5) is 15.3. The van der Waals surface area contributed by atoms with E-state index < -0.39 is 0 Å². The number of hydrogen-bond donors (Lipinski definition) is 0. The van der Waals surface area contributed by atoms with Gasteiger partial charge in [0.15, 0.2) is 4.32 Å². The lowest BCUT2D eigenvalue weighted by atomic mass is 10.1. The average Bonchev–Trinajstić information content (AvgIpc) is 3.55. The molecule has 6 rings (SSSR count). The second-order valence-corrected chi connectivity index (χ2v) is 10.6. The topological polar surface area (TPSA) is 60.3 Å². The molecule has 0 spiro atoms. The van der Waals surface area contributed by atoms with Crippen LogP contribution in [0.15, 0.2) is 71.6 Å². The molecule has 172 valence electrons. The highest BCUT2D eigenvalue weighted by Gasteiger charge is 2.35. The van der Waals surface area contributed by atoms with E-state index in [1.165, 1.54) is 38.9 Å². The van der Waals surface area contributed by atoms with Crippen molar-refractivity contribution in [3.63, 3.8) is 0 Å². The fourth-order valence-electron chi connectivity index (χ4n) is 4.22. The van der Waals surface area contributed by atoms with Crippen molar-refractivity contribution in [1.29, 1.82) is 0 Å². The average molecular weight is 515 g/mol. The predicted octanol–water partition coefficient (Wildman–Crippen LogP) is 6.26. The summed E-state index contributed by atoms with van der Waals surface area (Å²) in [7, 11) is 3.69. The van der Waals surface area contributed by atoms with E-state index in [-0.39, 0.29) is 5.91 Å². The van der Waals surface area contributed by atoms with E-state index in [2.05, 4.69) is 46.1 Å². The lowest BCUT2D eigenvalue weighted by molar-refractivity contribution is -0.113. The molecule has 1 saturated heterocycles. The molecule has 3 aromatic carbocycles. The van der Waals surface area contributed by atoms with Crippen molar-refractivity contribution in [2.24, 2.45) is 7.05 Å². The number of ether oxygens (including phenoxy) is 1. The number of anilines is 1. The smallest absolute Gasteiger partial charge is 0.272 e. The summed E-state index contributed by atoms with van der Waals surface area (Å²) in [6.45, 7) is 0. The third kappa shape index (κ3) is 3.72. The number of carbonyl (C=O) groups is 1. The Morgan fingerprint density at radius 2 is 1.74 bits per heavy atom. The molecule has 9 heteroatoms. The number of thiocarbonyl (C=S) groups is 1. The molecule has 0 unspecified atom stereocenters. The number of nitrogens with zero attached hydrogens (tertiary/aromatic N) is 4. The molecule has 0 saturated carbocycles. The number of benzene rings is 3. The second-order valence-electron chi connectivity index (χ2n) is 7.99. The highest BCUT2D eigenvalue weighted by molar-refractivity contribution is 8.27. The summed E-state index contributed by atoms with van der Waals surface area (Å²) < 4.78 is 7.85. The Bertz CT molecular complexity index is 1670. The SMILES string of the molecule is COc1ccc(-c2nnc(N3C(=O)/C(=C/c4ccc5c(c4)c4ccccc4n5C)SC3=S)s2)cc1. The summed E-state index contributed by atoms with van der Waals surface area (Å²) in [5.41, 5.74) is 4.18. The summed E-state index contributed by atoms with van der Waals surface area (Å²) in [6, 6.07) is 22.1. The molecular formula is C26H18N4O2S3. The van der Waals surface area contributed by atoms with Gasteiger partial charge in [-0.05, 0) is 54.1 Å². The van der Waals surface area contributed by atoms with E-state index in [1.807, 2.05) is 48.5 Å². The van der Waals surface area contributed by atoms with Gasteiger partial charge in [0.2, 0.25) is 5.13 Å². The molecule has 3 heterocycles. The highest BCUT2D eigenvalue weighted by atomic mass is 32.2. The van der Waals surface area contributed by atoms with E-state index in [9.17, 15) is 4.79 Å². The second kappa shape index (κ2) is 8.60. The molecule has 1 amide bonds. The standard InChI is InChI=1S/C26H18N4O2S3/c1-29-20-6-4-3-5-18(20)19-13-15(7-12-21(19)29)14-22-24(31)30(26(33)34-22)25-28-27-23(35-25)16-8-10-17(32-2)11-9-16/h3-14H,1-2H3/b22-14-. The number of para-hydroxylation sites is 1. The maximum Gasteiger partial charge on any atom is 0.272 e. The number of aryl methyl sites for hydroxylation is 1. The van der Waals surface area contributed by atoms with Crippen LogP contribution in [0.4, 0.5) is 5.13 Å². The first-order chi connectivity index (χ1) is 17.0. The fraction of sp³-hybridized carbons (Fsp3) is 0.0769. The zero-order valence-electron chi connectivity index (χ0n) is 18.8. The van der Waals surface area contributed by atoms with Crippen LogP contribution in [0, 0.1) is 0 Å². The van der Waals surface area contributed by atoms with Gasteiger partial charge in [0.1, 0.15) is 10.8 Å². The third-order valence-corrected chi connectivity index (χ3v) is 8.23. The van der Waals surface area contributed by atoms with Crippen LogP contribution in [0.25, 0.3) is 38.5 Å². The molecular weight excluding hydrogens is 497 g/mol. The summed E-state index contributed by atoms with van der Waals surface area (Å²) in [6.07, 6.45) is 1.89. The Morgan fingerprint density at radius 3 is 2.54 bits per heavy atom. The van der Waals surface area contributed by atoms with Crippen LogP contribution in [-0.4, -0.2) is 32.1 Å². The quantitative estimate of drug-likeness (QED) is 0.208. The van der Waals surface area contributed by atoms with Gasteiger partial charge in [-0.15, -0.1) is 10.2 Å². The van der Waals surface area contributed by atoms with E-state index in [0.29, 0.717) is 19.4 Å². The maximum atomic E-state index is 13.3. The molecule has 2 aromatic heterocycles. The summed E-state index contributed by atoms with van der Waals surface area (Å²) >= 11 is 8.15. The van der Waals surface area contributed by atoms with E-state index in [1.54, 1.807) is 7.11 Å². The molecule has 1 aliphatic heterocycles. The lowest BCUT2D eigenvalue weighted by Gasteiger charge is -2.08. The molecule has 1 fully saturated rings. The first kappa shape index (κ1) is 22.0. The number of amides is 1. The van der Waals surface area contributed by atoms with Crippen molar-refractivity contribution in [2.45, 2.75) is 0 Å². The Balaban J connectivity index is 1.31. The normalized spacial score (nSPS) is 15.1. The number of fused-ring (bicyclic) bond motifs is 3. The molecule has 1 aliphatic rings. The number of carbonyl (C=O) groups excluding carboxylic acids is 1. The van der Waals surface area contributed by atoms with E-state index in [0.717, 1.165) is 27.8 Å². The highest BCUT2D eigenvalue weighted by Crippen LogP contribution is 2.39. The molecule has 6 nitrogen and oxygen atoms in total. The van der Waals surface area contributed by atoms with Crippen molar-refractivity contribution in [1.82, 2.24) is 14.8 Å². The number of hydrogen-bond acceptors (Lipinski definition) is 7. The van der Waals surface area contributed by atoms with Gasteiger partial charge < -0.3 is 9.30 Å². The van der Waals surface area contributed by atoms with Crippen LogP contribution in [0.1, 0.15) is 5.56 Å². The zero-order chi connectivity index (χ0) is 24.1. The summed E-state index contributed by atoms with van der Waals surface area (Å²) in [5, 5.41) is 12.0. The molecule has 0 radical (unpaired) electrons. The Labute approximate surface area is 214 Å². The molecule has 5 aromatic rings. The van der Waals surface area contributed by atoms with Gasteiger partial charge in [-0.1, -0.05) is 59.6 Å². The van der Waals surface area contributed by atoms with Crippen molar-refractivity contribution < 1.29 is 9.53 Å². The number of aromatic nitrogens is 3. The van der Waals surface area contributed by atoms with Crippen LogP contribution in [0.5, 0.6) is 5.75 Å². The minimum absolute atomic E-state index is 0.185. The Kier molecular flexibility index (Phi) is 5.40. The molecule has 35 heavy (non-hydrogen) atoms. The third-order valence-electron chi connectivity index (χ3n) is 5.97. The van der Waals surface area contributed by atoms with Gasteiger partial charge in [0.05, 0.1) is 12.0 Å². The molecule has 0 aliphatic carbocycles. The van der Waals surface area contributed by atoms with Gasteiger partial charge in [0, 0.05) is 34.4 Å². The maximum absolute atomic E-state index is 13.3. The van der Waals surface area contributed by atoms with Crippen molar-refractivity contribution in [3.8, 4) is 16.3 Å². The van der Waals surface area contributed by atoms with Crippen LogP contribution in [0.3, 0.4) is 0 Å². The first-order valence-electron chi connectivity index (χ1n) is 10.8. The first-order valence-corrected chi connectivity index (χ1v) is 12.8. The van der Waals surface area contributed by atoms with Crippen LogP contribution in [0.2, 0.25) is 0 Å². The predicted molar refractivity (Wildman–Crippen MR) is 148 cm³/mol. The van der Waals surface area contributed by atoms with Gasteiger partial charge in [-0.3, -0.25) is 4.79 Å². The molecule has 0 N–H and O–H groups in total. The summed E-state index contributed by atoms with van der Waals surface area (Å²) in [5.74, 6) is 0.581. The molecule has 0 atom stereocenters. The van der Waals surface area contributed by atoms with Gasteiger partial charge >= 0.3 is 0 Å². The zero-order valence-corrected chi connectivity index (χ0v) is 21.2. The van der Waals surface area contributed by atoms with Crippen molar-refractivity contribution >= 4 is 78.6 Å².